The van der Waals surface area contributed by atoms with Gasteiger partial charge in [0.1, 0.15) is 6.61 Å². The summed E-state index contributed by atoms with van der Waals surface area (Å²) >= 11 is 0. The lowest BCUT2D eigenvalue weighted by Gasteiger charge is -2.18. The van der Waals surface area contributed by atoms with Gasteiger partial charge in [-0.25, -0.2) is 0 Å². The predicted molar refractivity (Wildman–Crippen MR) is 270 cm³/mol. The van der Waals surface area contributed by atoms with Crippen LogP contribution in [0.5, 0.6) is 0 Å². The van der Waals surface area contributed by atoms with E-state index in [2.05, 4.69) is 32.9 Å². The van der Waals surface area contributed by atoms with E-state index in [1.54, 1.807) is 0 Å². The smallest absolute Gasteiger partial charge is 0.306 e. The van der Waals surface area contributed by atoms with Gasteiger partial charge in [-0.3, -0.25) is 9.59 Å². The second-order valence-electron chi connectivity index (χ2n) is 19.2. The first-order valence-corrected chi connectivity index (χ1v) is 28.2. The molecule has 0 heterocycles. The Balaban J connectivity index is 4.20. The van der Waals surface area contributed by atoms with Crippen LogP contribution in [0.1, 0.15) is 316 Å². The largest absolute Gasteiger partial charge is 0.462 e. The van der Waals surface area contributed by atoms with E-state index in [1.165, 1.54) is 238 Å². The van der Waals surface area contributed by atoms with Crippen molar-refractivity contribution in [3.05, 3.63) is 12.2 Å². The molecule has 0 unspecified atom stereocenters. The summed E-state index contributed by atoms with van der Waals surface area (Å²) in [6, 6.07) is 0. The van der Waals surface area contributed by atoms with E-state index >= 15 is 0 Å². The van der Waals surface area contributed by atoms with Gasteiger partial charge in [0.25, 0.3) is 0 Å². The SMILES string of the molecule is CCCCCC/C=C\CCCCCCCC(=O)OC[C@@H](COCCCCCCCCCCCCCCCCCC)OC(=O)CCCCCCCCCCCCCCCCCCC. The lowest BCUT2D eigenvalue weighted by atomic mass is 10.0. The lowest BCUT2D eigenvalue weighted by molar-refractivity contribution is -0.163. The molecular formula is C57H110O5. The fraction of sp³-hybridized carbons (Fsp3) is 0.930. The first-order valence-electron chi connectivity index (χ1n) is 28.2. The summed E-state index contributed by atoms with van der Waals surface area (Å²) in [6.45, 7) is 7.89. The Morgan fingerprint density at radius 1 is 0.339 bits per heavy atom. The molecule has 0 aromatic rings. The lowest BCUT2D eigenvalue weighted by Crippen LogP contribution is -2.30. The molecule has 0 saturated heterocycles. The van der Waals surface area contributed by atoms with Crippen LogP contribution in [-0.4, -0.2) is 37.9 Å². The Morgan fingerprint density at radius 3 is 1.00 bits per heavy atom. The molecule has 0 bridgehead atoms. The number of unbranched alkanes of at least 4 members (excludes halogenated alkanes) is 40. The average molecular weight is 876 g/mol. The van der Waals surface area contributed by atoms with Gasteiger partial charge in [-0.05, 0) is 44.9 Å². The molecule has 0 N–H and O–H groups in total. The van der Waals surface area contributed by atoms with Gasteiger partial charge in [-0.15, -0.1) is 0 Å². The molecule has 0 saturated carbocycles. The number of esters is 2. The molecule has 368 valence electrons. The summed E-state index contributed by atoms with van der Waals surface area (Å²) in [5, 5.41) is 0. The average Bonchev–Trinajstić information content (AvgIpc) is 3.27. The van der Waals surface area contributed by atoms with Crippen LogP contribution in [0, 0.1) is 0 Å². The maximum Gasteiger partial charge on any atom is 0.306 e. The molecular weight excluding hydrogens is 765 g/mol. The highest BCUT2D eigenvalue weighted by molar-refractivity contribution is 5.70. The Morgan fingerprint density at radius 2 is 0.629 bits per heavy atom. The maximum absolute atomic E-state index is 12.8. The minimum absolute atomic E-state index is 0.0906. The van der Waals surface area contributed by atoms with Crippen molar-refractivity contribution in [1.29, 1.82) is 0 Å². The zero-order valence-corrected chi connectivity index (χ0v) is 42.4. The molecule has 0 fully saturated rings. The molecule has 0 spiro atoms. The highest BCUT2D eigenvalue weighted by Crippen LogP contribution is 2.17. The summed E-state index contributed by atoms with van der Waals surface area (Å²) < 4.78 is 17.5. The second kappa shape index (κ2) is 54.0. The number of ether oxygens (including phenoxy) is 3. The Kier molecular flexibility index (Phi) is 52.8. The second-order valence-corrected chi connectivity index (χ2v) is 19.2. The van der Waals surface area contributed by atoms with Gasteiger partial charge in [0.05, 0.1) is 6.61 Å². The van der Waals surface area contributed by atoms with E-state index in [1.807, 2.05) is 0 Å². The summed E-state index contributed by atoms with van der Waals surface area (Å²) in [5.41, 5.74) is 0. The zero-order chi connectivity index (χ0) is 44.9. The van der Waals surface area contributed by atoms with E-state index < -0.39 is 6.10 Å². The number of carbonyl (C=O) groups excluding carboxylic acids is 2. The Labute approximate surface area is 388 Å². The standard InChI is InChI=1S/C57H110O5/c1-4-7-10-13-16-19-22-25-27-29-30-33-36-39-42-45-48-51-57(59)62-55(54-61-56(58)50-47-44-41-38-35-32-24-21-18-15-12-9-6-3)53-60-52-49-46-43-40-37-34-31-28-26-23-20-17-14-11-8-5-2/h21,24,55H,4-20,22-23,25-54H2,1-3H3/b24-21-/t55-/m1/s1. The van der Waals surface area contributed by atoms with Crippen LogP contribution < -0.4 is 0 Å². The Hall–Kier alpha value is -1.36. The molecule has 0 aromatic heterocycles. The quantitative estimate of drug-likeness (QED) is 0.0346. The molecule has 0 rings (SSSR count). The monoisotopic (exact) mass is 875 g/mol. The molecule has 5 heteroatoms. The van der Waals surface area contributed by atoms with Crippen LogP contribution in [0.15, 0.2) is 12.2 Å². The van der Waals surface area contributed by atoms with E-state index in [-0.39, 0.29) is 18.5 Å². The van der Waals surface area contributed by atoms with Gasteiger partial charge in [0, 0.05) is 19.4 Å². The minimum atomic E-state index is -0.530. The van der Waals surface area contributed by atoms with E-state index in [4.69, 9.17) is 14.2 Å². The van der Waals surface area contributed by atoms with E-state index in [9.17, 15) is 9.59 Å². The summed E-state index contributed by atoms with van der Waals surface area (Å²) in [7, 11) is 0. The Bertz CT molecular complexity index is 902. The molecule has 0 aromatic carbocycles. The molecule has 0 radical (unpaired) electrons. The first kappa shape index (κ1) is 60.6. The third-order valence-electron chi connectivity index (χ3n) is 12.8. The number of allylic oxidation sites excluding steroid dienone is 2. The number of carbonyl (C=O) groups is 2. The fourth-order valence-corrected chi connectivity index (χ4v) is 8.57. The van der Waals surface area contributed by atoms with Crippen molar-refractivity contribution in [2.75, 3.05) is 19.8 Å². The van der Waals surface area contributed by atoms with Crippen LogP contribution >= 0.6 is 0 Å². The third kappa shape index (κ3) is 51.3. The van der Waals surface area contributed by atoms with Gasteiger partial charge >= 0.3 is 11.9 Å². The van der Waals surface area contributed by atoms with E-state index in [0.29, 0.717) is 26.1 Å². The summed E-state index contributed by atoms with van der Waals surface area (Å²) in [5.74, 6) is -0.382. The van der Waals surface area contributed by atoms with Crippen LogP contribution in [-0.2, 0) is 23.8 Å². The van der Waals surface area contributed by atoms with Gasteiger partial charge < -0.3 is 14.2 Å². The van der Waals surface area contributed by atoms with Gasteiger partial charge in [-0.1, -0.05) is 270 Å². The predicted octanol–water partition coefficient (Wildman–Crippen LogP) is 19.0. The van der Waals surface area contributed by atoms with Crippen LogP contribution in [0.25, 0.3) is 0 Å². The molecule has 0 aliphatic carbocycles. The van der Waals surface area contributed by atoms with Crippen LogP contribution in [0.2, 0.25) is 0 Å². The molecule has 0 aliphatic heterocycles. The van der Waals surface area contributed by atoms with Gasteiger partial charge in [0.15, 0.2) is 6.10 Å². The highest BCUT2D eigenvalue weighted by Gasteiger charge is 2.17. The van der Waals surface area contributed by atoms with Gasteiger partial charge in [0.2, 0.25) is 0 Å². The topological polar surface area (TPSA) is 61.8 Å². The fourth-order valence-electron chi connectivity index (χ4n) is 8.57. The highest BCUT2D eigenvalue weighted by atomic mass is 16.6. The normalized spacial score (nSPS) is 12.1. The zero-order valence-electron chi connectivity index (χ0n) is 42.4. The van der Waals surface area contributed by atoms with Crippen LogP contribution in [0.4, 0.5) is 0 Å². The van der Waals surface area contributed by atoms with Crippen molar-refractivity contribution in [3.63, 3.8) is 0 Å². The maximum atomic E-state index is 12.8. The molecule has 0 amide bonds. The van der Waals surface area contributed by atoms with Crippen molar-refractivity contribution in [2.24, 2.45) is 0 Å². The molecule has 62 heavy (non-hydrogen) atoms. The number of rotatable bonds is 53. The number of hydrogen-bond acceptors (Lipinski definition) is 5. The first-order chi connectivity index (χ1) is 30.6. The minimum Gasteiger partial charge on any atom is -0.462 e. The van der Waals surface area contributed by atoms with Crippen molar-refractivity contribution < 1.29 is 23.8 Å². The van der Waals surface area contributed by atoms with Crippen molar-refractivity contribution in [1.82, 2.24) is 0 Å². The van der Waals surface area contributed by atoms with E-state index in [0.717, 1.165) is 44.9 Å². The third-order valence-corrected chi connectivity index (χ3v) is 12.8. The van der Waals surface area contributed by atoms with Crippen molar-refractivity contribution in [2.45, 2.75) is 322 Å². The molecule has 1 atom stereocenters. The number of hydrogen-bond donors (Lipinski definition) is 0. The summed E-state index contributed by atoms with van der Waals surface area (Å²) in [6.07, 6.45) is 62.3. The van der Waals surface area contributed by atoms with Gasteiger partial charge in [-0.2, -0.15) is 0 Å². The molecule has 0 aliphatic rings. The summed E-state index contributed by atoms with van der Waals surface area (Å²) in [4.78, 5) is 25.4. The van der Waals surface area contributed by atoms with Crippen molar-refractivity contribution >= 4 is 11.9 Å². The van der Waals surface area contributed by atoms with Crippen molar-refractivity contribution in [3.8, 4) is 0 Å². The molecule has 5 nitrogen and oxygen atoms in total. The van der Waals surface area contributed by atoms with Crippen LogP contribution in [0.3, 0.4) is 0 Å².